The molecule has 4 rings (SSSR count). The Kier molecular flexibility index (Phi) is 5.52. The lowest BCUT2D eigenvalue weighted by Crippen LogP contribution is -2.42. The van der Waals surface area contributed by atoms with Crippen LogP contribution in [0.2, 0.25) is 5.02 Å². The molecule has 2 fully saturated rings. The standard InChI is InChI=1S/C22H24ClN5O2/c1-15-10-22(14-28(15)17-4-3-16(11-24)18(23)9-17)5-7-27(8-6-22)20-13-25-19(12-26-20)21(29)30-2/h3-4,9,12-13,15H,5-8,10,14H2,1-2H3/t15-/m0/s1. The predicted octanol–water partition coefficient (Wildman–Crippen LogP) is 3.67. The topological polar surface area (TPSA) is 82.4 Å². The zero-order valence-electron chi connectivity index (χ0n) is 17.1. The van der Waals surface area contributed by atoms with Gasteiger partial charge in [0.15, 0.2) is 5.69 Å². The van der Waals surface area contributed by atoms with Crippen molar-refractivity contribution in [2.24, 2.45) is 5.41 Å². The lowest BCUT2D eigenvalue weighted by molar-refractivity contribution is 0.0593. The first-order valence-corrected chi connectivity index (χ1v) is 10.4. The second kappa shape index (κ2) is 8.11. The van der Waals surface area contributed by atoms with Crippen LogP contribution in [-0.4, -0.2) is 48.7 Å². The van der Waals surface area contributed by atoms with Gasteiger partial charge in [-0.2, -0.15) is 5.26 Å². The number of methoxy groups -OCH3 is 1. The number of hydrogen-bond donors (Lipinski definition) is 0. The molecular formula is C22H24ClN5O2. The number of carbonyl (C=O) groups excluding carboxylic acids is 1. The third kappa shape index (κ3) is 3.80. The summed E-state index contributed by atoms with van der Waals surface area (Å²) in [6, 6.07) is 8.24. The molecular weight excluding hydrogens is 402 g/mol. The highest BCUT2D eigenvalue weighted by Crippen LogP contribution is 2.45. The van der Waals surface area contributed by atoms with E-state index in [2.05, 4.69) is 37.5 Å². The number of nitrogens with zero attached hydrogens (tertiary/aromatic N) is 5. The fourth-order valence-corrected chi connectivity index (χ4v) is 4.92. The smallest absolute Gasteiger partial charge is 0.358 e. The van der Waals surface area contributed by atoms with Crippen LogP contribution in [0.3, 0.4) is 0 Å². The van der Waals surface area contributed by atoms with Crippen molar-refractivity contribution in [1.29, 1.82) is 5.26 Å². The normalized spacial score (nSPS) is 20.3. The molecule has 0 unspecified atom stereocenters. The molecule has 0 bridgehead atoms. The van der Waals surface area contributed by atoms with E-state index in [1.165, 1.54) is 13.3 Å². The van der Waals surface area contributed by atoms with Gasteiger partial charge in [0.05, 0.1) is 30.1 Å². The molecule has 1 aromatic heterocycles. The van der Waals surface area contributed by atoms with Crippen molar-refractivity contribution < 1.29 is 9.53 Å². The van der Waals surface area contributed by atoms with Crippen molar-refractivity contribution in [2.45, 2.75) is 32.2 Å². The number of nitriles is 1. The number of anilines is 2. The quantitative estimate of drug-likeness (QED) is 0.693. The monoisotopic (exact) mass is 425 g/mol. The highest BCUT2D eigenvalue weighted by Gasteiger charge is 2.44. The van der Waals surface area contributed by atoms with Gasteiger partial charge < -0.3 is 14.5 Å². The molecule has 2 saturated heterocycles. The van der Waals surface area contributed by atoms with E-state index in [1.54, 1.807) is 12.3 Å². The zero-order chi connectivity index (χ0) is 21.3. The van der Waals surface area contributed by atoms with Gasteiger partial charge in [-0.1, -0.05) is 11.6 Å². The molecule has 2 aromatic rings. The number of rotatable bonds is 3. The molecule has 0 amide bonds. The lowest BCUT2D eigenvalue weighted by atomic mass is 9.77. The Hall–Kier alpha value is -2.85. The summed E-state index contributed by atoms with van der Waals surface area (Å²) in [5.41, 5.74) is 2.07. The second-order valence-electron chi connectivity index (χ2n) is 8.20. The van der Waals surface area contributed by atoms with Gasteiger partial charge >= 0.3 is 5.97 Å². The first kappa shape index (κ1) is 20.4. The minimum Gasteiger partial charge on any atom is -0.464 e. The summed E-state index contributed by atoms with van der Waals surface area (Å²) in [5.74, 6) is 0.314. The molecule has 0 saturated carbocycles. The lowest BCUT2D eigenvalue weighted by Gasteiger charge is -2.39. The van der Waals surface area contributed by atoms with Gasteiger partial charge in [-0.25, -0.2) is 14.8 Å². The molecule has 0 radical (unpaired) electrons. The van der Waals surface area contributed by atoms with E-state index >= 15 is 0 Å². The van der Waals surface area contributed by atoms with Crippen LogP contribution >= 0.6 is 11.6 Å². The molecule has 2 aliphatic heterocycles. The van der Waals surface area contributed by atoms with Gasteiger partial charge in [0, 0.05) is 31.4 Å². The average molecular weight is 426 g/mol. The largest absolute Gasteiger partial charge is 0.464 e. The predicted molar refractivity (Wildman–Crippen MR) is 115 cm³/mol. The zero-order valence-corrected chi connectivity index (χ0v) is 17.9. The van der Waals surface area contributed by atoms with Crippen LogP contribution in [0.5, 0.6) is 0 Å². The number of carbonyl (C=O) groups is 1. The van der Waals surface area contributed by atoms with Crippen LogP contribution in [0.4, 0.5) is 11.5 Å². The Morgan fingerprint density at radius 1 is 1.30 bits per heavy atom. The van der Waals surface area contributed by atoms with Crippen LogP contribution < -0.4 is 9.80 Å². The van der Waals surface area contributed by atoms with Gasteiger partial charge in [-0.3, -0.25) is 0 Å². The van der Waals surface area contributed by atoms with E-state index in [0.717, 1.165) is 50.4 Å². The number of benzene rings is 1. The van der Waals surface area contributed by atoms with Crippen molar-refractivity contribution in [3.05, 3.63) is 46.9 Å². The van der Waals surface area contributed by atoms with Crippen LogP contribution in [0.1, 0.15) is 42.2 Å². The maximum Gasteiger partial charge on any atom is 0.358 e. The van der Waals surface area contributed by atoms with Crippen LogP contribution in [0.25, 0.3) is 0 Å². The molecule has 0 N–H and O–H groups in total. The summed E-state index contributed by atoms with van der Waals surface area (Å²) in [6.07, 6.45) is 6.38. The first-order chi connectivity index (χ1) is 14.4. The van der Waals surface area contributed by atoms with Gasteiger partial charge in [0.2, 0.25) is 0 Å². The Balaban J connectivity index is 1.43. The Bertz CT molecular complexity index is 980. The summed E-state index contributed by atoms with van der Waals surface area (Å²) >= 11 is 6.26. The molecule has 2 aliphatic rings. The third-order valence-corrected chi connectivity index (χ3v) is 6.66. The fourth-order valence-electron chi connectivity index (χ4n) is 4.70. The first-order valence-electron chi connectivity index (χ1n) is 10.1. The Labute approximate surface area is 181 Å². The van der Waals surface area contributed by atoms with Gasteiger partial charge in [-0.05, 0) is 49.8 Å². The molecule has 8 heteroatoms. The minimum absolute atomic E-state index is 0.219. The fraction of sp³-hybridized carbons (Fsp3) is 0.455. The maximum atomic E-state index is 11.5. The van der Waals surface area contributed by atoms with Crippen LogP contribution in [0, 0.1) is 16.7 Å². The van der Waals surface area contributed by atoms with Gasteiger partial charge in [0.1, 0.15) is 11.9 Å². The number of halogens is 1. The molecule has 156 valence electrons. The SMILES string of the molecule is COC(=O)c1cnc(N2CCC3(CC2)C[C@H](C)N(c2ccc(C#N)c(Cl)c2)C3)cn1. The second-order valence-corrected chi connectivity index (χ2v) is 8.60. The Morgan fingerprint density at radius 3 is 2.67 bits per heavy atom. The number of esters is 1. The molecule has 7 nitrogen and oxygen atoms in total. The summed E-state index contributed by atoms with van der Waals surface area (Å²) in [4.78, 5) is 24.8. The van der Waals surface area contributed by atoms with Gasteiger partial charge in [0.25, 0.3) is 0 Å². The van der Waals surface area contributed by atoms with Crippen molar-refractivity contribution in [3.8, 4) is 6.07 Å². The van der Waals surface area contributed by atoms with Gasteiger partial charge in [-0.15, -0.1) is 0 Å². The van der Waals surface area contributed by atoms with E-state index in [4.69, 9.17) is 16.9 Å². The third-order valence-electron chi connectivity index (χ3n) is 6.35. The number of aromatic nitrogens is 2. The van der Waals surface area contributed by atoms with E-state index in [1.807, 2.05) is 12.1 Å². The van der Waals surface area contributed by atoms with Crippen molar-refractivity contribution in [3.63, 3.8) is 0 Å². The molecule has 0 aliphatic carbocycles. The summed E-state index contributed by atoms with van der Waals surface area (Å²) < 4.78 is 4.68. The Morgan fingerprint density at radius 2 is 2.07 bits per heavy atom. The molecule has 1 aromatic carbocycles. The summed E-state index contributed by atoms with van der Waals surface area (Å²) in [5, 5.41) is 9.62. The minimum atomic E-state index is -0.477. The molecule has 1 spiro atoms. The van der Waals surface area contributed by atoms with Crippen molar-refractivity contribution in [1.82, 2.24) is 9.97 Å². The molecule has 30 heavy (non-hydrogen) atoms. The highest BCUT2D eigenvalue weighted by atomic mass is 35.5. The van der Waals surface area contributed by atoms with E-state index < -0.39 is 5.97 Å². The molecule has 3 heterocycles. The molecule has 1 atom stereocenters. The van der Waals surface area contributed by atoms with E-state index in [9.17, 15) is 4.79 Å². The summed E-state index contributed by atoms with van der Waals surface area (Å²) in [6.45, 7) is 5.04. The average Bonchev–Trinajstić information content (AvgIpc) is 3.09. The van der Waals surface area contributed by atoms with Crippen LogP contribution in [0.15, 0.2) is 30.6 Å². The number of ether oxygens (including phenoxy) is 1. The van der Waals surface area contributed by atoms with E-state index in [0.29, 0.717) is 16.6 Å². The maximum absolute atomic E-state index is 11.5. The number of hydrogen-bond acceptors (Lipinski definition) is 7. The summed E-state index contributed by atoms with van der Waals surface area (Å²) in [7, 11) is 1.33. The van der Waals surface area contributed by atoms with Crippen molar-refractivity contribution >= 4 is 29.1 Å². The number of piperidine rings is 1. The van der Waals surface area contributed by atoms with Crippen LogP contribution in [-0.2, 0) is 4.74 Å². The van der Waals surface area contributed by atoms with Crippen molar-refractivity contribution in [2.75, 3.05) is 36.5 Å². The van der Waals surface area contributed by atoms with E-state index in [-0.39, 0.29) is 11.1 Å². The highest BCUT2D eigenvalue weighted by molar-refractivity contribution is 6.32.